The lowest BCUT2D eigenvalue weighted by atomic mass is 10.3. The molecule has 0 aromatic carbocycles. The van der Waals surface area contributed by atoms with Gasteiger partial charge in [-0.3, -0.25) is 19.0 Å². The highest BCUT2D eigenvalue weighted by Gasteiger charge is 2.47. The van der Waals surface area contributed by atoms with Gasteiger partial charge < -0.3 is 24.7 Å². The van der Waals surface area contributed by atoms with Crippen LogP contribution in [0.3, 0.4) is 0 Å². The van der Waals surface area contributed by atoms with Crippen LogP contribution in [-0.4, -0.2) is 54.7 Å². The monoisotopic (exact) mass is 357 g/mol. The van der Waals surface area contributed by atoms with Crippen molar-refractivity contribution < 1.29 is 46.8 Å². The molecule has 0 bridgehead atoms. The molecule has 0 saturated carbocycles. The van der Waals surface area contributed by atoms with Crippen LogP contribution in [0.5, 0.6) is 0 Å². The lowest BCUT2D eigenvalue weighted by Gasteiger charge is -2.28. The summed E-state index contributed by atoms with van der Waals surface area (Å²) in [6.07, 6.45) is -0.499. The maximum Gasteiger partial charge on any atom is 0.342 e. The Morgan fingerprint density at radius 3 is 1.80 bits per heavy atom. The summed E-state index contributed by atoms with van der Waals surface area (Å²) in [4.78, 5) is 35.3. The first-order valence-corrected chi connectivity index (χ1v) is 10.0. The minimum absolute atomic E-state index is 0.0553. The van der Waals surface area contributed by atoms with E-state index in [9.17, 15) is 22.7 Å². The number of aliphatic hydroxyl groups is 1. The van der Waals surface area contributed by atoms with E-state index >= 15 is 0 Å². The second-order valence-corrected chi connectivity index (χ2v) is 9.69. The highest BCUT2D eigenvalue weighted by molar-refractivity contribution is 7.87. The summed E-state index contributed by atoms with van der Waals surface area (Å²) < 4.78 is 52.8. The molecule has 0 aromatic rings. The predicted molar refractivity (Wildman–Crippen MR) is 67.3 cm³/mol. The van der Waals surface area contributed by atoms with Gasteiger partial charge in [0.05, 0.1) is 0 Å². The van der Waals surface area contributed by atoms with E-state index in [-0.39, 0.29) is 6.42 Å². The first-order valence-electron chi connectivity index (χ1n) is 5.20. The van der Waals surface area contributed by atoms with Gasteiger partial charge in [0.25, 0.3) is 0 Å². The van der Waals surface area contributed by atoms with Gasteiger partial charge in [-0.1, -0.05) is 13.3 Å². The van der Waals surface area contributed by atoms with Gasteiger partial charge in [-0.15, -0.1) is 0 Å². The fraction of sp³-hybridized carbons (Fsp3) is 1.00. The predicted octanol–water partition coefficient (Wildman–Crippen LogP) is -1.41. The van der Waals surface area contributed by atoms with Gasteiger partial charge in [0.15, 0.2) is 5.40 Å². The van der Waals surface area contributed by atoms with Crippen LogP contribution in [0.25, 0.3) is 0 Å². The van der Waals surface area contributed by atoms with Gasteiger partial charge in [-0.2, -0.15) is 8.42 Å². The first-order chi connectivity index (χ1) is 8.65. The van der Waals surface area contributed by atoms with Crippen molar-refractivity contribution in [1.29, 1.82) is 0 Å². The van der Waals surface area contributed by atoms with Crippen LogP contribution in [0.2, 0.25) is 0 Å². The molecule has 0 saturated heterocycles. The maximum absolute atomic E-state index is 11.0. The van der Waals surface area contributed by atoms with Gasteiger partial charge in [0.2, 0.25) is 5.06 Å². The van der Waals surface area contributed by atoms with E-state index in [2.05, 4.69) is 0 Å². The Labute approximate surface area is 115 Å². The van der Waals surface area contributed by atoms with Crippen molar-refractivity contribution in [3.63, 3.8) is 0 Å². The van der Waals surface area contributed by atoms with Crippen LogP contribution in [-0.2, 0) is 19.2 Å². The van der Waals surface area contributed by atoms with E-state index in [1.807, 2.05) is 0 Å². The zero-order chi connectivity index (χ0) is 16.4. The normalized spacial score (nSPS) is 17.2. The molecule has 122 valence electrons. The quantitative estimate of drug-likeness (QED) is 0.153. The van der Waals surface area contributed by atoms with Gasteiger partial charge in [0, 0.05) is 13.0 Å². The second kappa shape index (κ2) is 6.49. The SMILES string of the molecule is CCCC(O)(NCC(P(=O)(O)O)P(=O)(O)O)S(=O)(=O)O. The van der Waals surface area contributed by atoms with Gasteiger partial charge in [-0.25, -0.2) is 0 Å². The fourth-order valence-electron chi connectivity index (χ4n) is 1.33. The smallest absolute Gasteiger partial charge is 0.342 e. The topological polar surface area (TPSA) is 202 Å². The molecule has 0 rings (SSSR count). The summed E-state index contributed by atoms with van der Waals surface area (Å²) in [6, 6.07) is 0. The third-order valence-electron chi connectivity index (χ3n) is 2.35. The van der Waals surface area contributed by atoms with Gasteiger partial charge >= 0.3 is 25.3 Å². The molecule has 7 N–H and O–H groups in total. The largest absolute Gasteiger partial charge is 0.361 e. The van der Waals surface area contributed by atoms with Crippen molar-refractivity contribution in [3.05, 3.63) is 0 Å². The average Bonchev–Trinajstić information content (AvgIpc) is 2.11. The lowest BCUT2D eigenvalue weighted by Crippen LogP contribution is -2.53. The van der Waals surface area contributed by atoms with Crippen molar-refractivity contribution >= 4 is 25.3 Å². The Morgan fingerprint density at radius 1 is 1.15 bits per heavy atom. The van der Waals surface area contributed by atoms with Crippen molar-refractivity contribution in [2.75, 3.05) is 6.54 Å². The Hall–Kier alpha value is 0.130. The Morgan fingerprint density at radius 2 is 1.55 bits per heavy atom. The number of rotatable bonds is 8. The van der Waals surface area contributed by atoms with E-state index in [1.165, 1.54) is 6.92 Å². The van der Waals surface area contributed by atoms with Crippen molar-refractivity contribution in [1.82, 2.24) is 5.32 Å². The van der Waals surface area contributed by atoms with Crippen LogP contribution < -0.4 is 5.32 Å². The zero-order valence-corrected chi connectivity index (χ0v) is 12.9. The van der Waals surface area contributed by atoms with Crippen LogP contribution in [0.1, 0.15) is 19.8 Å². The van der Waals surface area contributed by atoms with E-state index in [0.29, 0.717) is 0 Å². The molecule has 1 atom stereocenters. The standard InChI is InChI=1S/C6H17NO10P2S/c1-2-3-6(8,20(15,16)17)7-4-5(18(9,10)11)19(12,13)14/h5,7-8H,2-4H2,1H3,(H2,9,10,11)(H2,12,13,14)(H,15,16,17). The number of nitrogens with one attached hydrogen (secondary N) is 1. The molecule has 11 nitrogen and oxygen atoms in total. The summed E-state index contributed by atoms with van der Waals surface area (Å²) in [5.41, 5.74) is 0. The Bertz CT molecular complexity index is 500. The van der Waals surface area contributed by atoms with E-state index in [4.69, 9.17) is 24.1 Å². The van der Waals surface area contributed by atoms with Crippen LogP contribution in [0, 0.1) is 0 Å². The third-order valence-corrected chi connectivity index (χ3v) is 7.28. The highest BCUT2D eigenvalue weighted by Crippen LogP contribution is 2.59. The van der Waals surface area contributed by atoms with Crippen molar-refractivity contribution in [2.45, 2.75) is 30.2 Å². The molecule has 14 heteroatoms. The molecule has 0 fully saturated rings. The summed E-state index contributed by atoms with van der Waals surface area (Å²) in [6.45, 7) is 0.228. The van der Waals surface area contributed by atoms with Crippen molar-refractivity contribution in [3.8, 4) is 0 Å². The molecule has 1 unspecified atom stereocenters. The van der Waals surface area contributed by atoms with Crippen LogP contribution in [0.4, 0.5) is 0 Å². The molecule has 0 heterocycles. The molecule has 0 aliphatic rings. The molecular weight excluding hydrogens is 340 g/mol. The minimum Gasteiger partial charge on any atom is -0.361 e. The van der Waals surface area contributed by atoms with E-state index < -0.39 is 48.7 Å². The number of hydrogen-bond acceptors (Lipinski definition) is 6. The Kier molecular flexibility index (Phi) is 6.53. The second-order valence-electron chi connectivity index (χ2n) is 4.05. The molecule has 0 aliphatic carbocycles. The molecular formula is C6H17NO10P2S. The summed E-state index contributed by atoms with van der Waals surface area (Å²) in [7, 11) is -15.6. The molecule has 0 spiro atoms. The molecule has 0 radical (unpaired) electrons. The van der Waals surface area contributed by atoms with Crippen molar-refractivity contribution in [2.24, 2.45) is 0 Å². The Balaban J connectivity index is 5.30. The summed E-state index contributed by atoms with van der Waals surface area (Å²) in [5, 5.41) is 5.86. The average molecular weight is 357 g/mol. The van der Waals surface area contributed by atoms with Crippen LogP contribution in [0.15, 0.2) is 0 Å². The molecule has 0 aliphatic heterocycles. The van der Waals surface area contributed by atoms with Gasteiger partial charge in [0.1, 0.15) is 0 Å². The summed E-state index contributed by atoms with van der Waals surface area (Å²) in [5.74, 6) is 0. The van der Waals surface area contributed by atoms with E-state index in [1.54, 1.807) is 5.32 Å². The maximum atomic E-state index is 11.0. The van der Waals surface area contributed by atoms with Gasteiger partial charge in [-0.05, 0) is 0 Å². The fourth-order valence-corrected chi connectivity index (χ4v) is 4.29. The van der Waals surface area contributed by atoms with E-state index in [0.717, 1.165) is 0 Å². The first kappa shape index (κ1) is 20.1. The van der Waals surface area contributed by atoms with Crippen LogP contribution >= 0.6 is 15.2 Å². The molecule has 0 amide bonds. The molecule has 20 heavy (non-hydrogen) atoms. The molecule has 0 aromatic heterocycles. The summed E-state index contributed by atoms with van der Waals surface area (Å²) >= 11 is 0. The lowest BCUT2D eigenvalue weighted by molar-refractivity contribution is 0.0689. The third kappa shape index (κ3) is 5.49. The number of hydrogen-bond donors (Lipinski definition) is 7. The highest BCUT2D eigenvalue weighted by atomic mass is 32.2. The zero-order valence-electron chi connectivity index (χ0n) is 10.3. The minimum atomic E-state index is -5.27.